The number of ether oxygens (including phenoxy) is 2. The second kappa shape index (κ2) is 15.4. The number of hydrogen-bond acceptors (Lipinski definition) is 7. The number of carboxylic acid groups (broad SMARTS) is 1. The Bertz CT molecular complexity index is 1100. The summed E-state index contributed by atoms with van der Waals surface area (Å²) in [5.41, 5.74) is 1.84. The number of pyridine rings is 1. The van der Waals surface area contributed by atoms with Gasteiger partial charge in [0.05, 0.1) is 12.2 Å². The topological polar surface area (TPSA) is 113 Å². The number of aryl methyl sites for hydroxylation is 2. The molecule has 3 N–H and O–H groups in total. The zero-order valence-corrected chi connectivity index (χ0v) is 22.6. The summed E-state index contributed by atoms with van der Waals surface area (Å²) >= 11 is 0. The minimum absolute atomic E-state index is 0.145. The van der Waals surface area contributed by atoms with Crippen molar-refractivity contribution in [1.82, 2.24) is 15.2 Å². The van der Waals surface area contributed by atoms with Crippen LogP contribution in [0.15, 0.2) is 36.4 Å². The zero-order chi connectivity index (χ0) is 29.0. The first-order chi connectivity index (χ1) is 19.2. The third-order valence-electron chi connectivity index (χ3n) is 6.70. The van der Waals surface area contributed by atoms with E-state index in [-0.39, 0.29) is 13.0 Å². The number of unbranched alkanes of at least 4 members (excludes halogenated alkanes) is 1. The molecular weight excluding hydrogens is 529 g/mol. The highest BCUT2D eigenvalue weighted by Crippen LogP contribution is 2.29. The maximum atomic E-state index is 12.7. The lowest BCUT2D eigenvalue weighted by Crippen LogP contribution is -2.43. The fourth-order valence-electron chi connectivity index (χ4n) is 4.40. The Kier molecular flexibility index (Phi) is 12.0. The third-order valence-corrected chi connectivity index (χ3v) is 6.70. The fourth-order valence-corrected chi connectivity index (χ4v) is 4.40. The number of nitrogens with one attached hydrogen (secondary N) is 2. The molecule has 3 rings (SSSR count). The van der Waals surface area contributed by atoms with E-state index in [4.69, 9.17) is 14.5 Å². The number of anilines is 1. The van der Waals surface area contributed by atoms with Gasteiger partial charge in [0.15, 0.2) is 0 Å². The average Bonchev–Trinajstić information content (AvgIpc) is 2.93. The number of fused-ring (bicyclic) bond motifs is 1. The van der Waals surface area contributed by atoms with Crippen LogP contribution in [0.3, 0.4) is 0 Å². The van der Waals surface area contributed by atoms with E-state index in [0.29, 0.717) is 25.3 Å². The summed E-state index contributed by atoms with van der Waals surface area (Å²) in [6.07, 6.45) is -0.450. The van der Waals surface area contributed by atoms with Crippen LogP contribution in [-0.2, 0) is 39.9 Å². The number of rotatable bonds is 15. The normalized spacial score (nSPS) is 13.8. The van der Waals surface area contributed by atoms with Crippen molar-refractivity contribution >= 4 is 17.9 Å². The molecule has 1 atom stereocenters. The number of carbonyl (C=O) groups is 2. The molecule has 1 unspecified atom stereocenters. The first-order valence-corrected chi connectivity index (χ1v) is 13.4. The van der Waals surface area contributed by atoms with Gasteiger partial charge in [-0.05, 0) is 74.4 Å². The van der Waals surface area contributed by atoms with Gasteiger partial charge in [0.25, 0.3) is 0 Å². The second-order valence-electron chi connectivity index (χ2n) is 9.73. The van der Waals surface area contributed by atoms with Crippen LogP contribution < -0.4 is 10.6 Å². The largest absolute Gasteiger partial charge is 0.480 e. The molecule has 12 heteroatoms. The standard InChI is InChI=1S/C28H37F3N4O5/c1-39-18-17-35(15-3-2-6-23-12-9-21-5-4-14-32-25(21)33-23)16-13-24(26(36)37)34-27(38)40-19-20-7-10-22(11-8-20)28(29,30)31/h7-12,24H,2-6,13-19H2,1H3,(H,32,33)(H,34,38)(H,36,37). The molecule has 1 aliphatic rings. The third kappa shape index (κ3) is 10.3. The number of halogens is 3. The Hall–Kier alpha value is -3.38. The number of amides is 1. The van der Waals surface area contributed by atoms with Crippen LogP contribution in [0.1, 0.15) is 48.1 Å². The Labute approximate surface area is 232 Å². The van der Waals surface area contributed by atoms with Gasteiger partial charge in [-0.3, -0.25) is 0 Å². The summed E-state index contributed by atoms with van der Waals surface area (Å²) in [4.78, 5) is 30.8. The van der Waals surface area contributed by atoms with Crippen LogP contribution in [0.25, 0.3) is 0 Å². The molecule has 1 amide bonds. The van der Waals surface area contributed by atoms with Crippen LogP contribution in [0.5, 0.6) is 0 Å². The number of alkyl halides is 3. The molecule has 0 radical (unpaired) electrons. The van der Waals surface area contributed by atoms with Gasteiger partial charge in [-0.25, -0.2) is 14.6 Å². The van der Waals surface area contributed by atoms with E-state index in [9.17, 15) is 27.9 Å². The summed E-state index contributed by atoms with van der Waals surface area (Å²) in [6, 6.07) is 7.24. The highest BCUT2D eigenvalue weighted by atomic mass is 19.4. The number of aromatic nitrogens is 1. The van der Waals surface area contributed by atoms with Gasteiger partial charge in [-0.15, -0.1) is 0 Å². The molecule has 0 spiro atoms. The predicted octanol–water partition coefficient (Wildman–Crippen LogP) is 4.50. The minimum Gasteiger partial charge on any atom is -0.480 e. The molecule has 2 aromatic rings. The number of benzene rings is 1. The molecule has 1 aliphatic heterocycles. The van der Waals surface area contributed by atoms with Crippen molar-refractivity contribution in [3.05, 3.63) is 58.8 Å². The van der Waals surface area contributed by atoms with E-state index in [1.165, 1.54) is 17.7 Å². The zero-order valence-electron chi connectivity index (χ0n) is 22.6. The van der Waals surface area contributed by atoms with Gasteiger partial charge in [0, 0.05) is 32.4 Å². The van der Waals surface area contributed by atoms with Crippen LogP contribution in [0.4, 0.5) is 23.8 Å². The van der Waals surface area contributed by atoms with Crippen molar-refractivity contribution in [3.8, 4) is 0 Å². The van der Waals surface area contributed by atoms with Crippen LogP contribution in [-0.4, -0.2) is 73.0 Å². The maximum Gasteiger partial charge on any atom is 0.416 e. The van der Waals surface area contributed by atoms with Crippen molar-refractivity contribution in [2.24, 2.45) is 0 Å². The van der Waals surface area contributed by atoms with Gasteiger partial charge >= 0.3 is 18.2 Å². The van der Waals surface area contributed by atoms with Crippen molar-refractivity contribution < 1.29 is 37.3 Å². The maximum absolute atomic E-state index is 12.7. The molecule has 220 valence electrons. The van der Waals surface area contributed by atoms with Gasteiger partial charge in [-0.2, -0.15) is 13.2 Å². The number of carbonyl (C=O) groups excluding carboxylic acids is 1. The Morgan fingerprint density at radius 1 is 1.12 bits per heavy atom. The van der Waals surface area contributed by atoms with Crippen LogP contribution in [0, 0.1) is 0 Å². The smallest absolute Gasteiger partial charge is 0.416 e. The predicted molar refractivity (Wildman–Crippen MR) is 143 cm³/mol. The number of carboxylic acids is 1. The summed E-state index contributed by atoms with van der Waals surface area (Å²) in [6.45, 7) is 2.91. The van der Waals surface area contributed by atoms with Gasteiger partial charge in [0.1, 0.15) is 18.5 Å². The molecule has 2 heterocycles. The van der Waals surface area contributed by atoms with E-state index in [2.05, 4.69) is 27.7 Å². The molecular formula is C28H37F3N4O5. The van der Waals surface area contributed by atoms with Crippen LogP contribution in [0.2, 0.25) is 0 Å². The Morgan fingerprint density at radius 2 is 1.90 bits per heavy atom. The molecule has 0 fully saturated rings. The summed E-state index contributed by atoms with van der Waals surface area (Å²) in [7, 11) is 1.60. The number of aliphatic carboxylic acids is 1. The summed E-state index contributed by atoms with van der Waals surface area (Å²) in [5.74, 6) is -0.221. The molecule has 0 saturated heterocycles. The molecule has 0 aliphatic carbocycles. The number of methoxy groups -OCH3 is 1. The molecule has 40 heavy (non-hydrogen) atoms. The van der Waals surface area contributed by atoms with Gasteiger partial charge in [-0.1, -0.05) is 18.2 Å². The average molecular weight is 567 g/mol. The van der Waals surface area contributed by atoms with E-state index in [0.717, 1.165) is 68.8 Å². The van der Waals surface area contributed by atoms with Crippen molar-refractivity contribution in [2.45, 2.75) is 57.3 Å². The fraction of sp³-hybridized carbons (Fsp3) is 0.536. The number of alkyl carbamates (subject to hydrolysis) is 1. The van der Waals surface area contributed by atoms with E-state index >= 15 is 0 Å². The SMILES string of the molecule is COCCN(CCCCc1ccc2c(n1)NCCC2)CCC(NC(=O)OCc1ccc(C(F)(F)F)cc1)C(=O)O. The van der Waals surface area contributed by atoms with Gasteiger partial charge in [0.2, 0.25) is 0 Å². The summed E-state index contributed by atoms with van der Waals surface area (Å²) < 4.78 is 48.3. The molecule has 9 nitrogen and oxygen atoms in total. The number of hydrogen-bond donors (Lipinski definition) is 3. The first-order valence-electron chi connectivity index (χ1n) is 13.4. The molecule has 1 aromatic heterocycles. The summed E-state index contributed by atoms with van der Waals surface area (Å²) in [5, 5.41) is 15.3. The molecule has 0 bridgehead atoms. The lowest BCUT2D eigenvalue weighted by Gasteiger charge is -2.24. The van der Waals surface area contributed by atoms with Crippen molar-refractivity contribution in [3.63, 3.8) is 0 Å². The monoisotopic (exact) mass is 566 g/mol. The van der Waals surface area contributed by atoms with E-state index < -0.39 is 29.8 Å². The van der Waals surface area contributed by atoms with Crippen molar-refractivity contribution in [1.29, 1.82) is 0 Å². The number of nitrogens with zero attached hydrogens (tertiary/aromatic N) is 2. The van der Waals surface area contributed by atoms with Crippen LogP contribution >= 0.6 is 0 Å². The second-order valence-corrected chi connectivity index (χ2v) is 9.73. The highest BCUT2D eigenvalue weighted by molar-refractivity contribution is 5.79. The minimum atomic E-state index is -4.46. The molecule has 1 aromatic carbocycles. The van der Waals surface area contributed by atoms with Crippen molar-refractivity contribution in [2.75, 3.05) is 45.2 Å². The highest BCUT2D eigenvalue weighted by Gasteiger charge is 2.30. The molecule has 0 saturated carbocycles. The Balaban J connectivity index is 1.42. The lowest BCUT2D eigenvalue weighted by molar-refractivity contribution is -0.139. The van der Waals surface area contributed by atoms with E-state index in [1.807, 2.05) is 0 Å². The van der Waals surface area contributed by atoms with E-state index in [1.54, 1.807) is 7.11 Å². The van der Waals surface area contributed by atoms with Gasteiger partial charge < -0.3 is 30.1 Å². The Morgan fingerprint density at radius 3 is 2.60 bits per heavy atom. The lowest BCUT2D eigenvalue weighted by atomic mass is 10.1. The first kappa shape index (κ1) is 31.2. The quantitative estimate of drug-likeness (QED) is 0.270.